The van der Waals surface area contributed by atoms with Gasteiger partial charge in [0.1, 0.15) is 11.5 Å². The second-order valence-electron chi connectivity index (χ2n) is 5.54. The van der Waals surface area contributed by atoms with Crippen LogP contribution in [0.4, 0.5) is 5.69 Å². The second-order valence-corrected chi connectivity index (χ2v) is 5.95. The van der Waals surface area contributed by atoms with Crippen molar-refractivity contribution < 1.29 is 14.2 Å². The molecule has 3 rings (SSSR count). The largest absolute Gasteiger partial charge is 0.496 e. The molecule has 0 aliphatic carbocycles. The van der Waals surface area contributed by atoms with E-state index in [1.54, 1.807) is 21.3 Å². The van der Waals surface area contributed by atoms with Gasteiger partial charge in [-0.1, -0.05) is 17.7 Å². The maximum Gasteiger partial charge on any atom is 0.132 e. The van der Waals surface area contributed by atoms with E-state index in [0.29, 0.717) is 40.1 Å². The van der Waals surface area contributed by atoms with E-state index in [1.807, 2.05) is 36.4 Å². The lowest BCUT2D eigenvalue weighted by Crippen LogP contribution is -1.99. The van der Waals surface area contributed by atoms with Gasteiger partial charge < -0.3 is 19.9 Å². The summed E-state index contributed by atoms with van der Waals surface area (Å²) in [5.74, 6) is 1.23. The maximum absolute atomic E-state index is 6.51. The summed E-state index contributed by atoms with van der Waals surface area (Å²) < 4.78 is 16.3. The predicted octanol–water partition coefficient (Wildman–Crippen LogP) is 4.30. The second kappa shape index (κ2) is 7.17. The molecule has 0 amide bonds. The Morgan fingerprint density at radius 1 is 1.04 bits per heavy atom. The summed E-state index contributed by atoms with van der Waals surface area (Å²) in [5, 5.41) is 1.28. The number of nitrogens with zero attached hydrogens (tertiary/aromatic N) is 1. The predicted molar refractivity (Wildman–Crippen MR) is 100 cm³/mol. The molecule has 0 fully saturated rings. The molecule has 0 unspecified atom stereocenters. The topological polar surface area (TPSA) is 66.6 Å². The van der Waals surface area contributed by atoms with Crippen molar-refractivity contribution in [3.63, 3.8) is 0 Å². The van der Waals surface area contributed by atoms with Crippen molar-refractivity contribution in [2.45, 2.75) is 6.61 Å². The monoisotopic (exact) mass is 358 g/mol. The average molecular weight is 359 g/mol. The molecule has 1 aromatic heterocycles. The van der Waals surface area contributed by atoms with Crippen LogP contribution in [0.25, 0.3) is 22.2 Å². The third-order valence-electron chi connectivity index (χ3n) is 3.96. The molecule has 2 N–H and O–H groups in total. The summed E-state index contributed by atoms with van der Waals surface area (Å²) in [4.78, 5) is 4.70. The van der Waals surface area contributed by atoms with E-state index in [1.165, 1.54) is 0 Å². The highest BCUT2D eigenvalue weighted by molar-refractivity contribution is 6.34. The van der Waals surface area contributed by atoms with Gasteiger partial charge in [-0.25, -0.2) is 4.98 Å². The molecule has 0 spiro atoms. The molecule has 0 aliphatic rings. The zero-order valence-electron chi connectivity index (χ0n) is 14.3. The molecule has 1 heterocycles. The minimum absolute atomic E-state index is 0.447. The highest BCUT2D eigenvalue weighted by Gasteiger charge is 2.19. The van der Waals surface area contributed by atoms with Crippen LogP contribution >= 0.6 is 11.6 Å². The normalized spacial score (nSPS) is 10.9. The van der Waals surface area contributed by atoms with Crippen LogP contribution in [0.5, 0.6) is 11.5 Å². The van der Waals surface area contributed by atoms with E-state index in [0.717, 1.165) is 16.5 Å². The number of hydrogen-bond acceptors (Lipinski definition) is 5. The van der Waals surface area contributed by atoms with Gasteiger partial charge in [-0.15, -0.1) is 0 Å². The number of hydrogen-bond donors (Lipinski definition) is 1. The fourth-order valence-electron chi connectivity index (χ4n) is 2.82. The molecule has 2 aromatic carbocycles. The number of nitrogen functional groups attached to an aromatic ring is 1. The van der Waals surface area contributed by atoms with Gasteiger partial charge in [0.15, 0.2) is 0 Å². The first-order valence-corrected chi connectivity index (χ1v) is 8.05. The van der Waals surface area contributed by atoms with Crippen LogP contribution in [-0.2, 0) is 11.3 Å². The van der Waals surface area contributed by atoms with Crippen LogP contribution < -0.4 is 15.2 Å². The summed E-state index contributed by atoms with van der Waals surface area (Å²) in [6.07, 6.45) is 0. The molecule has 0 aliphatic heterocycles. The zero-order valence-corrected chi connectivity index (χ0v) is 15.1. The molecule has 0 bridgehead atoms. The van der Waals surface area contributed by atoms with Gasteiger partial charge in [-0.05, 0) is 35.9 Å². The standard InChI is InChI=1S/C19H19ClN2O3/c1-23-10-11-7-16(24-2)18(17(8-11)25-3)19-13(20)9-12-14(21)5-4-6-15(12)22-19/h4-9H,10,21H2,1-3H3. The fourth-order valence-corrected chi connectivity index (χ4v) is 3.06. The Labute approximate surface area is 151 Å². The highest BCUT2D eigenvalue weighted by Crippen LogP contribution is 2.43. The van der Waals surface area contributed by atoms with Crippen molar-refractivity contribution in [1.82, 2.24) is 4.98 Å². The lowest BCUT2D eigenvalue weighted by Gasteiger charge is -2.16. The first-order chi connectivity index (χ1) is 12.1. The molecular weight excluding hydrogens is 340 g/mol. The van der Waals surface area contributed by atoms with Crippen LogP contribution in [0, 0.1) is 0 Å². The summed E-state index contributed by atoms with van der Waals surface area (Å²) in [7, 11) is 4.84. The number of nitrogens with two attached hydrogens (primary N) is 1. The summed E-state index contributed by atoms with van der Waals surface area (Å²) in [6.45, 7) is 0.447. The van der Waals surface area contributed by atoms with Crippen molar-refractivity contribution in [2.24, 2.45) is 0 Å². The van der Waals surface area contributed by atoms with Crippen LogP contribution in [0.2, 0.25) is 5.02 Å². The van der Waals surface area contributed by atoms with Crippen LogP contribution in [0.1, 0.15) is 5.56 Å². The number of anilines is 1. The Morgan fingerprint density at radius 2 is 1.72 bits per heavy atom. The van der Waals surface area contributed by atoms with E-state index < -0.39 is 0 Å². The lowest BCUT2D eigenvalue weighted by molar-refractivity contribution is 0.184. The van der Waals surface area contributed by atoms with Gasteiger partial charge in [0.25, 0.3) is 0 Å². The average Bonchev–Trinajstić information content (AvgIpc) is 2.61. The zero-order chi connectivity index (χ0) is 18.0. The molecule has 0 radical (unpaired) electrons. The molecule has 130 valence electrons. The smallest absolute Gasteiger partial charge is 0.132 e. The minimum Gasteiger partial charge on any atom is -0.496 e. The fraction of sp³-hybridized carbons (Fsp3) is 0.211. The van der Waals surface area contributed by atoms with E-state index in [9.17, 15) is 0 Å². The molecule has 0 atom stereocenters. The van der Waals surface area contributed by atoms with Crippen molar-refractivity contribution >= 4 is 28.2 Å². The van der Waals surface area contributed by atoms with Crippen molar-refractivity contribution in [3.05, 3.63) is 47.0 Å². The Bertz CT molecular complexity index is 903. The Morgan fingerprint density at radius 3 is 2.32 bits per heavy atom. The lowest BCUT2D eigenvalue weighted by atomic mass is 10.0. The van der Waals surface area contributed by atoms with Crippen LogP contribution in [-0.4, -0.2) is 26.3 Å². The van der Waals surface area contributed by atoms with Gasteiger partial charge in [0.05, 0.1) is 42.6 Å². The number of methoxy groups -OCH3 is 3. The van der Waals surface area contributed by atoms with E-state index in [2.05, 4.69) is 0 Å². The van der Waals surface area contributed by atoms with Crippen molar-refractivity contribution in [3.8, 4) is 22.8 Å². The Balaban J connectivity index is 2.28. The number of pyridine rings is 1. The summed E-state index contributed by atoms with van der Waals surface area (Å²) >= 11 is 6.51. The molecule has 5 nitrogen and oxygen atoms in total. The number of benzene rings is 2. The SMILES string of the molecule is COCc1cc(OC)c(-c2nc3cccc(N)c3cc2Cl)c(OC)c1. The molecule has 3 aromatic rings. The van der Waals surface area contributed by atoms with Gasteiger partial charge >= 0.3 is 0 Å². The summed E-state index contributed by atoms with van der Waals surface area (Å²) in [6, 6.07) is 11.2. The molecule has 6 heteroatoms. The number of ether oxygens (including phenoxy) is 3. The maximum atomic E-state index is 6.51. The van der Waals surface area contributed by atoms with Gasteiger partial charge in [-0.2, -0.15) is 0 Å². The number of rotatable bonds is 5. The van der Waals surface area contributed by atoms with Gasteiger partial charge in [-0.3, -0.25) is 0 Å². The number of aromatic nitrogens is 1. The van der Waals surface area contributed by atoms with E-state index in [-0.39, 0.29) is 0 Å². The first-order valence-electron chi connectivity index (χ1n) is 7.68. The quantitative estimate of drug-likeness (QED) is 0.689. The van der Waals surface area contributed by atoms with E-state index in [4.69, 9.17) is 36.5 Å². The molecular formula is C19H19ClN2O3. The van der Waals surface area contributed by atoms with E-state index >= 15 is 0 Å². The van der Waals surface area contributed by atoms with Crippen molar-refractivity contribution in [2.75, 3.05) is 27.1 Å². The molecule has 25 heavy (non-hydrogen) atoms. The summed E-state index contributed by atoms with van der Waals surface area (Å²) in [5.41, 5.74) is 9.61. The molecule has 0 saturated carbocycles. The van der Waals surface area contributed by atoms with Crippen LogP contribution in [0.3, 0.4) is 0 Å². The Kier molecular flexibility index (Phi) is 4.97. The Hall–Kier alpha value is -2.50. The third-order valence-corrected chi connectivity index (χ3v) is 4.25. The molecule has 0 saturated heterocycles. The van der Waals surface area contributed by atoms with Gasteiger partial charge in [0, 0.05) is 18.2 Å². The third kappa shape index (κ3) is 3.21. The minimum atomic E-state index is 0.447. The highest BCUT2D eigenvalue weighted by atomic mass is 35.5. The number of halogens is 1. The first kappa shape index (κ1) is 17.3. The van der Waals surface area contributed by atoms with Gasteiger partial charge in [0.2, 0.25) is 0 Å². The van der Waals surface area contributed by atoms with Crippen molar-refractivity contribution in [1.29, 1.82) is 0 Å². The van der Waals surface area contributed by atoms with Crippen LogP contribution in [0.15, 0.2) is 36.4 Å². The number of fused-ring (bicyclic) bond motifs is 1.